The molecule has 1 rings (SSSR count). The maximum atomic E-state index is 10.9. The van der Waals surface area contributed by atoms with Gasteiger partial charge in [0.15, 0.2) is 0 Å². The third-order valence-corrected chi connectivity index (χ3v) is 2.50. The fourth-order valence-electron chi connectivity index (χ4n) is 1.85. The lowest BCUT2D eigenvalue weighted by Crippen LogP contribution is -2.43. The molecule has 1 saturated heterocycles. The Morgan fingerprint density at radius 2 is 2.20 bits per heavy atom. The molecular formula is C10H17NO4. The number of carbonyl (C=O) groups excluding carboxylic acids is 1. The number of hydrogen-bond donors (Lipinski definition) is 2. The van der Waals surface area contributed by atoms with Crippen LogP contribution in [0.5, 0.6) is 0 Å². The minimum atomic E-state index is -0.920. The van der Waals surface area contributed by atoms with Crippen molar-refractivity contribution in [3.63, 3.8) is 0 Å². The average molecular weight is 215 g/mol. The van der Waals surface area contributed by atoms with Gasteiger partial charge in [0.1, 0.15) is 0 Å². The van der Waals surface area contributed by atoms with Crippen molar-refractivity contribution >= 4 is 11.9 Å². The summed E-state index contributed by atoms with van der Waals surface area (Å²) < 4.78 is 5.55. The Hall–Kier alpha value is -1.10. The maximum Gasteiger partial charge on any atom is 0.305 e. The van der Waals surface area contributed by atoms with Crippen molar-refractivity contribution in [1.82, 2.24) is 5.32 Å². The molecule has 86 valence electrons. The van der Waals surface area contributed by atoms with E-state index in [0.717, 1.165) is 12.8 Å². The zero-order valence-electron chi connectivity index (χ0n) is 9.03. The van der Waals surface area contributed by atoms with Crippen molar-refractivity contribution in [3.05, 3.63) is 0 Å². The van der Waals surface area contributed by atoms with E-state index >= 15 is 0 Å². The maximum absolute atomic E-state index is 10.9. The lowest BCUT2D eigenvalue weighted by Gasteiger charge is -2.22. The summed E-state index contributed by atoms with van der Waals surface area (Å²) in [5, 5.41) is 11.3. The van der Waals surface area contributed by atoms with Crippen LogP contribution >= 0.6 is 0 Å². The first-order valence-electron chi connectivity index (χ1n) is 5.13. The van der Waals surface area contributed by atoms with E-state index in [1.807, 2.05) is 6.92 Å². The van der Waals surface area contributed by atoms with Crippen LogP contribution < -0.4 is 5.32 Å². The van der Waals surface area contributed by atoms with Gasteiger partial charge in [-0.25, -0.2) is 0 Å². The second-order valence-electron chi connectivity index (χ2n) is 3.97. The summed E-state index contributed by atoms with van der Waals surface area (Å²) in [6.45, 7) is 3.33. The molecule has 0 aromatic carbocycles. The first kappa shape index (κ1) is 12.0. The van der Waals surface area contributed by atoms with Crippen LogP contribution in [0, 0.1) is 0 Å². The second-order valence-corrected chi connectivity index (χ2v) is 3.97. The van der Waals surface area contributed by atoms with E-state index in [0.29, 0.717) is 0 Å². The molecule has 1 fully saturated rings. The number of amides is 1. The van der Waals surface area contributed by atoms with E-state index in [-0.39, 0.29) is 24.5 Å². The third-order valence-electron chi connectivity index (χ3n) is 2.50. The summed E-state index contributed by atoms with van der Waals surface area (Å²) >= 11 is 0. The number of rotatable bonds is 4. The molecular weight excluding hydrogens is 198 g/mol. The fraction of sp³-hybridized carbons (Fsp3) is 0.800. The van der Waals surface area contributed by atoms with Crippen molar-refractivity contribution in [2.75, 3.05) is 0 Å². The molecule has 5 nitrogen and oxygen atoms in total. The summed E-state index contributed by atoms with van der Waals surface area (Å²) in [5.74, 6) is -1.14. The van der Waals surface area contributed by atoms with Crippen LogP contribution in [-0.4, -0.2) is 35.2 Å². The number of aliphatic carboxylic acids is 1. The summed E-state index contributed by atoms with van der Waals surface area (Å²) in [4.78, 5) is 21.5. The van der Waals surface area contributed by atoms with Gasteiger partial charge in [-0.1, -0.05) is 0 Å². The van der Waals surface area contributed by atoms with Crippen LogP contribution in [0.4, 0.5) is 0 Å². The van der Waals surface area contributed by atoms with Gasteiger partial charge in [0.05, 0.1) is 24.7 Å². The SMILES string of the molecule is CC(=O)N[C@H](CC(=O)O)C1CCC(C)O1. The Morgan fingerprint density at radius 3 is 2.60 bits per heavy atom. The zero-order chi connectivity index (χ0) is 11.4. The number of ether oxygens (including phenoxy) is 1. The van der Waals surface area contributed by atoms with Gasteiger partial charge >= 0.3 is 5.97 Å². The molecule has 1 heterocycles. The molecule has 0 aliphatic carbocycles. The van der Waals surface area contributed by atoms with Crippen LogP contribution in [-0.2, 0) is 14.3 Å². The highest BCUT2D eigenvalue weighted by Crippen LogP contribution is 2.23. The lowest BCUT2D eigenvalue weighted by molar-refractivity contribution is -0.138. The van der Waals surface area contributed by atoms with Crippen molar-refractivity contribution in [2.45, 2.75) is 51.4 Å². The number of carboxylic acids is 1. The van der Waals surface area contributed by atoms with Crippen LogP contribution in [0.2, 0.25) is 0 Å². The molecule has 2 N–H and O–H groups in total. The second kappa shape index (κ2) is 5.11. The molecule has 0 radical (unpaired) electrons. The van der Waals surface area contributed by atoms with E-state index < -0.39 is 12.0 Å². The van der Waals surface area contributed by atoms with E-state index in [2.05, 4.69) is 5.32 Å². The minimum absolute atomic E-state index is 0.0863. The Balaban J connectivity index is 2.54. The fourth-order valence-corrected chi connectivity index (χ4v) is 1.85. The van der Waals surface area contributed by atoms with Gasteiger partial charge in [0.25, 0.3) is 0 Å². The van der Waals surface area contributed by atoms with Gasteiger partial charge in [0, 0.05) is 6.92 Å². The van der Waals surface area contributed by atoms with Gasteiger partial charge in [-0.3, -0.25) is 9.59 Å². The number of nitrogens with one attached hydrogen (secondary N) is 1. The highest BCUT2D eigenvalue weighted by atomic mass is 16.5. The number of carbonyl (C=O) groups is 2. The highest BCUT2D eigenvalue weighted by molar-refractivity contribution is 5.75. The van der Waals surface area contributed by atoms with Crippen LogP contribution in [0.25, 0.3) is 0 Å². The summed E-state index contributed by atoms with van der Waals surface area (Å²) in [6.07, 6.45) is 1.62. The molecule has 3 atom stereocenters. The molecule has 0 aromatic rings. The van der Waals surface area contributed by atoms with Crippen molar-refractivity contribution in [1.29, 1.82) is 0 Å². The van der Waals surface area contributed by atoms with Gasteiger partial charge in [-0.05, 0) is 19.8 Å². The quantitative estimate of drug-likeness (QED) is 0.717. The van der Waals surface area contributed by atoms with E-state index in [4.69, 9.17) is 9.84 Å². The molecule has 0 saturated carbocycles. The monoisotopic (exact) mass is 215 g/mol. The average Bonchev–Trinajstić information content (AvgIpc) is 2.48. The van der Waals surface area contributed by atoms with Gasteiger partial charge in [-0.2, -0.15) is 0 Å². The topological polar surface area (TPSA) is 75.6 Å². The molecule has 0 spiro atoms. The van der Waals surface area contributed by atoms with Crippen molar-refractivity contribution in [3.8, 4) is 0 Å². The van der Waals surface area contributed by atoms with E-state index in [1.54, 1.807) is 0 Å². The molecule has 1 amide bonds. The first-order valence-corrected chi connectivity index (χ1v) is 5.13. The summed E-state index contributed by atoms with van der Waals surface area (Å²) in [7, 11) is 0. The molecule has 0 aromatic heterocycles. The standard InChI is InChI=1S/C10H17NO4/c1-6-3-4-9(15-6)8(5-10(13)14)11-7(2)12/h6,8-9H,3-5H2,1-2H3,(H,11,12)(H,13,14)/t6?,8-,9?/m1/s1. The largest absolute Gasteiger partial charge is 0.481 e. The predicted octanol–water partition coefficient (Wildman–Crippen LogP) is 0.533. The van der Waals surface area contributed by atoms with Gasteiger partial charge in [0.2, 0.25) is 5.91 Å². The highest BCUT2D eigenvalue weighted by Gasteiger charge is 2.31. The lowest BCUT2D eigenvalue weighted by atomic mass is 10.0. The molecule has 5 heteroatoms. The molecule has 1 aliphatic heterocycles. The predicted molar refractivity (Wildman–Crippen MR) is 53.4 cm³/mol. The van der Waals surface area contributed by atoms with E-state index in [9.17, 15) is 9.59 Å². The number of hydrogen-bond acceptors (Lipinski definition) is 3. The zero-order valence-corrected chi connectivity index (χ0v) is 9.03. The molecule has 2 unspecified atom stereocenters. The molecule has 0 bridgehead atoms. The number of carboxylic acid groups (broad SMARTS) is 1. The van der Waals surface area contributed by atoms with Gasteiger partial charge < -0.3 is 15.2 Å². The van der Waals surface area contributed by atoms with Crippen LogP contribution in [0.1, 0.15) is 33.1 Å². The Kier molecular flexibility index (Phi) is 4.08. The smallest absolute Gasteiger partial charge is 0.305 e. The first-order chi connectivity index (χ1) is 6.99. The van der Waals surface area contributed by atoms with Crippen molar-refractivity contribution in [2.24, 2.45) is 0 Å². The normalized spacial score (nSPS) is 27.3. The molecule has 1 aliphatic rings. The Morgan fingerprint density at radius 1 is 1.53 bits per heavy atom. The minimum Gasteiger partial charge on any atom is -0.481 e. The summed E-state index contributed by atoms with van der Waals surface area (Å²) in [5.41, 5.74) is 0. The van der Waals surface area contributed by atoms with Crippen LogP contribution in [0.15, 0.2) is 0 Å². The Labute approximate surface area is 88.8 Å². The van der Waals surface area contributed by atoms with Crippen LogP contribution in [0.3, 0.4) is 0 Å². The van der Waals surface area contributed by atoms with Crippen molar-refractivity contribution < 1.29 is 19.4 Å². The van der Waals surface area contributed by atoms with Gasteiger partial charge in [-0.15, -0.1) is 0 Å². The molecule has 15 heavy (non-hydrogen) atoms. The summed E-state index contributed by atoms with van der Waals surface area (Å²) in [6, 6.07) is -0.412. The van der Waals surface area contributed by atoms with E-state index in [1.165, 1.54) is 6.92 Å². The third kappa shape index (κ3) is 3.87. The Bertz CT molecular complexity index is 238.